The molecule has 61 heavy (non-hydrogen) atoms. The van der Waals surface area contributed by atoms with Crippen molar-refractivity contribution in [2.24, 2.45) is 0 Å². The molecule has 0 saturated carbocycles. The minimum Gasteiger partial charge on any atom is -0.410 e. The number of carbonyl (C=O) groups excluding carboxylic acids is 4. The largest absolute Gasteiger partial charge is 0.410 e. The summed E-state index contributed by atoms with van der Waals surface area (Å²) in [6, 6.07) is 5.39. The quantitative estimate of drug-likeness (QED) is 0.0969. The van der Waals surface area contributed by atoms with Gasteiger partial charge in [0, 0.05) is 64.4 Å². The van der Waals surface area contributed by atoms with Gasteiger partial charge in [-0.2, -0.15) is 0 Å². The first-order valence-electron chi connectivity index (χ1n) is 20.2. The average molecular weight is 926 g/mol. The normalized spacial score (nSPS) is 13.9. The lowest BCUT2D eigenvalue weighted by Gasteiger charge is -2.23. The molecule has 0 bridgehead atoms. The lowest BCUT2D eigenvalue weighted by atomic mass is 10.2. The predicted molar refractivity (Wildman–Crippen MR) is 241 cm³/mol. The van der Waals surface area contributed by atoms with Crippen LogP contribution in [0.4, 0.5) is 0 Å². The zero-order valence-electron chi connectivity index (χ0n) is 34.8. The summed E-state index contributed by atoms with van der Waals surface area (Å²) in [6.07, 6.45) is 2.83. The van der Waals surface area contributed by atoms with E-state index < -0.39 is 34.7 Å². The lowest BCUT2D eigenvalue weighted by Crippen LogP contribution is -2.44. The molecule has 0 aliphatic carbocycles. The summed E-state index contributed by atoms with van der Waals surface area (Å²) in [6.45, 7) is 8.17. The van der Waals surface area contributed by atoms with Crippen LogP contribution in [0.25, 0.3) is 0 Å². The average Bonchev–Trinajstić information content (AvgIpc) is 3.89. The fourth-order valence-corrected chi connectivity index (χ4v) is 8.24. The molecular formula is C39H55N7O11S4. The molecule has 2 aromatic rings. The number of rotatable bonds is 27. The Morgan fingerprint density at radius 1 is 0.656 bits per heavy atom. The van der Waals surface area contributed by atoms with Crippen LogP contribution in [-0.4, -0.2) is 167 Å². The number of hydrogen-bond donors (Lipinski definition) is 2. The van der Waals surface area contributed by atoms with Gasteiger partial charge < -0.3 is 34.5 Å². The molecule has 0 unspecified atom stereocenters. The maximum Gasteiger partial charge on any atom is 0.296 e. The topological polar surface area (TPSA) is 192 Å². The fraction of sp³-hybridized carbons (Fsp3) is 0.590. The Hall–Kier alpha value is -3.90. The second-order valence-electron chi connectivity index (χ2n) is 13.6. The van der Waals surface area contributed by atoms with E-state index in [1.54, 1.807) is 7.11 Å². The van der Waals surface area contributed by atoms with E-state index in [1.807, 2.05) is 18.7 Å². The van der Waals surface area contributed by atoms with Crippen molar-refractivity contribution >= 4 is 80.2 Å². The minimum atomic E-state index is -0.774. The Labute approximate surface area is 374 Å². The van der Waals surface area contributed by atoms with Crippen molar-refractivity contribution in [2.75, 3.05) is 111 Å². The van der Waals surface area contributed by atoms with Gasteiger partial charge in [0.1, 0.15) is 44.4 Å². The van der Waals surface area contributed by atoms with Crippen LogP contribution >= 0.6 is 48.0 Å². The number of nitrogens with zero attached hydrogens (tertiary/aromatic N) is 5. The van der Waals surface area contributed by atoms with Crippen molar-refractivity contribution in [3.8, 4) is 0 Å². The standard InChI is InChI=1S/C39H55N7O11S4/c1-4-6-19-56-45-30(36(51)43-17-26-60-38(43)58)10-8-28(34(45)49)32(47)40-12-14-42(16-21-54-24-25-55-23-22-53-3)15-13-41-33(48)29-9-11-31(37(52)44-18-27-61-39(44)59)46(35(29)50)57-20-7-5-2/h8-11H,4-7,12-27H2,1-3H3,(H,40,47)(H,41,48). The first kappa shape index (κ1) is 49.8. The third-order valence-corrected chi connectivity index (χ3v) is 12.1. The number of pyridine rings is 2. The van der Waals surface area contributed by atoms with Gasteiger partial charge in [-0.25, -0.2) is 0 Å². The van der Waals surface area contributed by atoms with Crippen LogP contribution in [0.2, 0.25) is 0 Å². The highest BCUT2D eigenvalue weighted by Gasteiger charge is 2.31. The van der Waals surface area contributed by atoms with E-state index >= 15 is 0 Å². The number of thiocarbonyl (C=S) groups is 2. The van der Waals surface area contributed by atoms with Gasteiger partial charge in [0.15, 0.2) is 0 Å². The van der Waals surface area contributed by atoms with Crippen molar-refractivity contribution in [3.05, 3.63) is 67.5 Å². The SMILES string of the molecule is CCCCOn1c(C(=O)N2CCSC2=S)ccc(C(=O)NCCN(CCNC(=O)c2ccc(C(=O)N3CCSC3=S)n(OCCCC)c2=O)CCOCCOCCOC)c1=O. The van der Waals surface area contributed by atoms with E-state index in [2.05, 4.69) is 10.6 Å². The number of carbonyl (C=O) groups is 4. The Bertz CT molecular complexity index is 1840. The second kappa shape index (κ2) is 26.5. The van der Waals surface area contributed by atoms with Crippen LogP contribution < -0.4 is 31.4 Å². The molecule has 2 fully saturated rings. The number of nitrogens with one attached hydrogen (secondary N) is 2. The van der Waals surface area contributed by atoms with Gasteiger partial charge in [-0.3, -0.25) is 43.5 Å². The van der Waals surface area contributed by atoms with E-state index in [9.17, 15) is 28.8 Å². The first-order valence-corrected chi connectivity index (χ1v) is 23.0. The Morgan fingerprint density at radius 3 is 1.51 bits per heavy atom. The molecule has 2 N–H and O–H groups in total. The van der Waals surface area contributed by atoms with Crippen molar-refractivity contribution < 1.29 is 43.1 Å². The van der Waals surface area contributed by atoms with Crippen LogP contribution in [0.3, 0.4) is 0 Å². The van der Waals surface area contributed by atoms with Crippen molar-refractivity contribution in [3.63, 3.8) is 0 Å². The van der Waals surface area contributed by atoms with Gasteiger partial charge in [-0.1, -0.05) is 74.6 Å². The van der Waals surface area contributed by atoms with Gasteiger partial charge >= 0.3 is 0 Å². The summed E-state index contributed by atoms with van der Waals surface area (Å²) < 4.78 is 18.8. The van der Waals surface area contributed by atoms with Gasteiger partial charge in [0.05, 0.1) is 33.0 Å². The van der Waals surface area contributed by atoms with Crippen LogP contribution in [0, 0.1) is 0 Å². The Morgan fingerprint density at radius 2 is 1.10 bits per heavy atom. The lowest BCUT2D eigenvalue weighted by molar-refractivity contribution is 0.0196. The van der Waals surface area contributed by atoms with E-state index in [4.69, 9.17) is 48.3 Å². The maximum atomic E-state index is 13.6. The Balaban J connectivity index is 1.42. The first-order chi connectivity index (χ1) is 29.5. The molecule has 4 rings (SSSR count). The molecule has 22 heteroatoms. The highest BCUT2D eigenvalue weighted by atomic mass is 32.2. The van der Waals surface area contributed by atoms with Crippen LogP contribution in [-0.2, 0) is 14.2 Å². The van der Waals surface area contributed by atoms with Crippen LogP contribution in [0.5, 0.6) is 0 Å². The summed E-state index contributed by atoms with van der Waals surface area (Å²) in [4.78, 5) is 96.9. The third kappa shape index (κ3) is 14.6. The highest BCUT2D eigenvalue weighted by Crippen LogP contribution is 2.21. The molecule has 0 aromatic carbocycles. The van der Waals surface area contributed by atoms with E-state index in [0.717, 1.165) is 22.3 Å². The van der Waals surface area contributed by atoms with Gasteiger partial charge in [0.2, 0.25) is 0 Å². The molecule has 0 spiro atoms. The molecule has 2 aromatic heterocycles. The number of aromatic nitrogens is 2. The van der Waals surface area contributed by atoms with E-state index in [0.29, 0.717) is 98.7 Å². The van der Waals surface area contributed by atoms with Crippen LogP contribution in [0.15, 0.2) is 33.9 Å². The van der Waals surface area contributed by atoms with Crippen molar-refractivity contribution in [2.45, 2.75) is 39.5 Å². The number of hydrogen-bond acceptors (Lipinski definition) is 16. The predicted octanol–water partition coefficient (Wildman–Crippen LogP) is 1.56. The molecule has 2 aliphatic heterocycles. The molecule has 336 valence electrons. The van der Waals surface area contributed by atoms with Crippen LogP contribution in [0.1, 0.15) is 81.2 Å². The molecule has 18 nitrogen and oxygen atoms in total. The summed E-state index contributed by atoms with van der Waals surface area (Å²) in [5, 5.41) is 5.55. The van der Waals surface area contributed by atoms with Gasteiger partial charge in [-0.05, 0) is 37.1 Å². The van der Waals surface area contributed by atoms with Gasteiger partial charge in [-0.15, -0.1) is 9.46 Å². The van der Waals surface area contributed by atoms with Crippen molar-refractivity contribution in [1.29, 1.82) is 0 Å². The number of amides is 4. The maximum absolute atomic E-state index is 13.6. The third-order valence-electron chi connectivity index (χ3n) is 9.24. The number of thioether (sulfide) groups is 2. The Kier molecular flexibility index (Phi) is 21.7. The number of unbranched alkanes of at least 4 members (excludes halogenated alkanes) is 2. The van der Waals surface area contributed by atoms with Crippen molar-refractivity contribution in [1.82, 2.24) is 34.8 Å². The number of methoxy groups -OCH3 is 1. The summed E-state index contributed by atoms with van der Waals surface area (Å²) in [7, 11) is 1.59. The smallest absolute Gasteiger partial charge is 0.296 e. The second-order valence-corrected chi connectivity index (χ2v) is 17.0. The molecule has 0 radical (unpaired) electrons. The number of ether oxygens (including phenoxy) is 3. The molecule has 0 atom stereocenters. The van der Waals surface area contributed by atoms with E-state index in [-0.39, 0.29) is 48.8 Å². The minimum absolute atomic E-state index is 0.0295. The molecule has 4 heterocycles. The van der Waals surface area contributed by atoms with Gasteiger partial charge in [0.25, 0.3) is 34.7 Å². The molecular weight excluding hydrogens is 871 g/mol. The van der Waals surface area contributed by atoms with E-state index in [1.165, 1.54) is 57.6 Å². The monoisotopic (exact) mass is 925 g/mol. The summed E-state index contributed by atoms with van der Waals surface area (Å²) in [5.41, 5.74) is -2.02. The molecule has 2 aliphatic rings. The summed E-state index contributed by atoms with van der Waals surface area (Å²) in [5.74, 6) is -1.000. The molecule has 4 amide bonds. The zero-order valence-corrected chi connectivity index (χ0v) is 38.1. The summed E-state index contributed by atoms with van der Waals surface area (Å²) >= 11 is 13.4. The zero-order chi connectivity index (χ0) is 44.1. The molecule has 2 saturated heterocycles. The fourth-order valence-electron chi connectivity index (χ4n) is 5.83. The highest BCUT2D eigenvalue weighted by molar-refractivity contribution is 8.23.